The van der Waals surface area contributed by atoms with Crippen molar-refractivity contribution in [1.82, 2.24) is 29.5 Å². The summed E-state index contributed by atoms with van der Waals surface area (Å²) in [6.07, 6.45) is 1.66. The quantitative estimate of drug-likeness (QED) is 0.382. The third kappa shape index (κ3) is 4.36. The Hall–Kier alpha value is -4.73. The predicted molar refractivity (Wildman–Crippen MR) is 136 cm³/mol. The van der Waals surface area contributed by atoms with Crippen molar-refractivity contribution in [3.63, 3.8) is 0 Å². The Kier molecular flexibility index (Phi) is 5.85. The number of carbonyl (C=O) groups excluding carboxylic acids is 1. The summed E-state index contributed by atoms with van der Waals surface area (Å²) in [4.78, 5) is 33.1. The second kappa shape index (κ2) is 9.14. The van der Waals surface area contributed by atoms with E-state index in [1.165, 1.54) is 10.9 Å². The fourth-order valence-corrected chi connectivity index (χ4v) is 4.09. The van der Waals surface area contributed by atoms with Gasteiger partial charge in [0.05, 0.1) is 31.1 Å². The number of benzene rings is 2. The van der Waals surface area contributed by atoms with E-state index in [-0.39, 0.29) is 23.8 Å². The van der Waals surface area contributed by atoms with Gasteiger partial charge in [0.1, 0.15) is 17.0 Å². The van der Waals surface area contributed by atoms with Crippen LogP contribution in [0.3, 0.4) is 0 Å². The van der Waals surface area contributed by atoms with Crippen molar-refractivity contribution < 1.29 is 9.53 Å². The van der Waals surface area contributed by atoms with Gasteiger partial charge in [0.15, 0.2) is 5.65 Å². The molecule has 3 heterocycles. The number of rotatable bonds is 6. The average molecular weight is 484 g/mol. The van der Waals surface area contributed by atoms with Gasteiger partial charge in [-0.25, -0.2) is 4.68 Å². The molecular formula is C26H25N7O3. The molecule has 0 saturated heterocycles. The van der Waals surface area contributed by atoms with Crippen LogP contribution in [0, 0.1) is 20.8 Å². The van der Waals surface area contributed by atoms with Gasteiger partial charge in [-0.2, -0.15) is 19.9 Å². The lowest BCUT2D eigenvalue weighted by atomic mass is 10.1. The number of hydrogen-bond donors (Lipinski definition) is 2. The van der Waals surface area contributed by atoms with E-state index in [4.69, 9.17) is 4.74 Å². The van der Waals surface area contributed by atoms with Crippen molar-refractivity contribution in [1.29, 1.82) is 0 Å². The maximum atomic E-state index is 12.9. The van der Waals surface area contributed by atoms with Crippen molar-refractivity contribution in [2.75, 3.05) is 12.4 Å². The molecule has 10 heteroatoms. The first-order valence-electron chi connectivity index (χ1n) is 11.4. The number of aromatic nitrogens is 6. The molecule has 0 aliphatic rings. The number of aryl methyl sites for hydroxylation is 3. The number of amides is 1. The zero-order valence-electron chi connectivity index (χ0n) is 20.4. The van der Waals surface area contributed by atoms with Crippen LogP contribution in [0.2, 0.25) is 0 Å². The molecule has 5 aromatic rings. The van der Waals surface area contributed by atoms with Crippen LogP contribution in [-0.2, 0) is 11.2 Å². The summed E-state index contributed by atoms with van der Waals surface area (Å²) in [5.41, 5.74) is 4.48. The molecule has 0 aliphatic carbocycles. The number of carbonyl (C=O) groups is 1. The number of nitrogens with zero attached hydrogens (tertiary/aromatic N) is 5. The first-order valence-corrected chi connectivity index (χ1v) is 11.4. The van der Waals surface area contributed by atoms with Crippen LogP contribution >= 0.6 is 0 Å². The summed E-state index contributed by atoms with van der Waals surface area (Å²) in [6, 6.07) is 15.0. The van der Waals surface area contributed by atoms with Crippen LogP contribution in [0.4, 0.5) is 5.82 Å². The molecule has 0 fully saturated rings. The summed E-state index contributed by atoms with van der Waals surface area (Å²) in [6.45, 7) is 5.80. The molecule has 1 amide bonds. The highest BCUT2D eigenvalue weighted by atomic mass is 16.5. The molecule has 0 bridgehead atoms. The zero-order valence-corrected chi connectivity index (χ0v) is 20.4. The van der Waals surface area contributed by atoms with E-state index in [2.05, 4.69) is 25.5 Å². The van der Waals surface area contributed by atoms with E-state index < -0.39 is 0 Å². The van der Waals surface area contributed by atoms with Gasteiger partial charge in [-0.3, -0.25) is 14.6 Å². The Morgan fingerprint density at radius 1 is 1.06 bits per heavy atom. The maximum Gasteiger partial charge on any atom is 0.263 e. The van der Waals surface area contributed by atoms with Gasteiger partial charge in [-0.15, -0.1) is 0 Å². The highest BCUT2D eigenvalue weighted by molar-refractivity contribution is 5.91. The summed E-state index contributed by atoms with van der Waals surface area (Å²) < 4.78 is 8.22. The van der Waals surface area contributed by atoms with Crippen LogP contribution in [0.15, 0.2) is 59.5 Å². The highest BCUT2D eigenvalue weighted by Gasteiger charge is 2.17. The lowest BCUT2D eigenvalue weighted by Crippen LogP contribution is -2.20. The van der Waals surface area contributed by atoms with Gasteiger partial charge in [-0.05, 0) is 50.1 Å². The van der Waals surface area contributed by atoms with Gasteiger partial charge in [0.25, 0.3) is 5.56 Å². The molecule has 36 heavy (non-hydrogen) atoms. The second-order valence-corrected chi connectivity index (χ2v) is 8.63. The summed E-state index contributed by atoms with van der Waals surface area (Å²) in [5.74, 6) is 1.06. The van der Waals surface area contributed by atoms with Gasteiger partial charge in [0, 0.05) is 6.07 Å². The Morgan fingerprint density at radius 3 is 2.56 bits per heavy atom. The van der Waals surface area contributed by atoms with Crippen LogP contribution in [0.25, 0.3) is 22.7 Å². The third-order valence-corrected chi connectivity index (χ3v) is 5.83. The standard InChI is InChI=1S/C26H25N7O3/c1-15-5-10-21(16(2)11-15)32-24-20(14-27-32)25(35)30-26(29-24)33-22(12-17(3)31-33)28-23(34)13-18-6-8-19(36-4)9-7-18/h5-12,14H,13H2,1-4H3,(H,28,34)(H,29,30,35). The van der Waals surface area contributed by atoms with E-state index in [0.29, 0.717) is 22.5 Å². The van der Waals surface area contributed by atoms with E-state index in [1.807, 2.05) is 44.2 Å². The van der Waals surface area contributed by atoms with Crippen LogP contribution in [0.1, 0.15) is 22.4 Å². The smallest absolute Gasteiger partial charge is 0.263 e. The second-order valence-electron chi connectivity index (χ2n) is 8.63. The third-order valence-electron chi connectivity index (χ3n) is 5.83. The van der Waals surface area contributed by atoms with E-state index in [1.54, 1.807) is 36.9 Å². The number of methoxy groups -OCH3 is 1. The highest BCUT2D eigenvalue weighted by Crippen LogP contribution is 2.21. The number of nitrogens with one attached hydrogen (secondary N) is 2. The van der Waals surface area contributed by atoms with Gasteiger partial charge >= 0.3 is 0 Å². The molecule has 0 unspecified atom stereocenters. The molecule has 2 N–H and O–H groups in total. The Labute approximate surface area is 206 Å². The molecule has 0 atom stereocenters. The molecule has 2 aromatic carbocycles. The molecular weight excluding hydrogens is 458 g/mol. The van der Waals surface area contributed by atoms with Crippen LogP contribution < -0.4 is 15.6 Å². The fourth-order valence-electron chi connectivity index (χ4n) is 4.09. The minimum atomic E-state index is -0.352. The largest absolute Gasteiger partial charge is 0.497 e. The molecule has 10 nitrogen and oxygen atoms in total. The molecule has 5 rings (SSSR count). The predicted octanol–water partition coefficient (Wildman–Crippen LogP) is 3.41. The SMILES string of the molecule is COc1ccc(CC(=O)Nc2cc(C)nn2-c2nc3c(cnn3-c3ccc(C)cc3C)c(=O)[nH]2)cc1. The van der Waals surface area contributed by atoms with Crippen molar-refractivity contribution in [2.24, 2.45) is 0 Å². The Morgan fingerprint density at radius 2 is 1.83 bits per heavy atom. The Bertz CT molecular complexity index is 1640. The lowest BCUT2D eigenvalue weighted by Gasteiger charge is -2.10. The lowest BCUT2D eigenvalue weighted by molar-refractivity contribution is -0.115. The fraction of sp³-hybridized carbons (Fsp3) is 0.192. The number of aromatic amines is 1. The number of fused-ring (bicyclic) bond motifs is 1. The van der Waals surface area contributed by atoms with Crippen molar-refractivity contribution >= 4 is 22.8 Å². The number of anilines is 1. The van der Waals surface area contributed by atoms with Gasteiger partial charge in [0.2, 0.25) is 11.9 Å². The van der Waals surface area contributed by atoms with Crippen molar-refractivity contribution in [3.05, 3.63) is 87.5 Å². The van der Waals surface area contributed by atoms with E-state index >= 15 is 0 Å². The molecule has 182 valence electrons. The molecule has 0 spiro atoms. The summed E-state index contributed by atoms with van der Waals surface area (Å²) in [7, 11) is 1.59. The monoisotopic (exact) mass is 483 g/mol. The Balaban J connectivity index is 1.50. The molecule has 0 radical (unpaired) electrons. The van der Waals surface area contributed by atoms with Gasteiger partial charge < -0.3 is 10.1 Å². The first-order chi connectivity index (χ1) is 17.3. The minimum Gasteiger partial charge on any atom is -0.497 e. The first kappa shape index (κ1) is 23.0. The van der Waals surface area contributed by atoms with Gasteiger partial charge in [-0.1, -0.05) is 29.8 Å². The van der Waals surface area contributed by atoms with Crippen molar-refractivity contribution in [3.8, 4) is 17.4 Å². The minimum absolute atomic E-state index is 0.163. The summed E-state index contributed by atoms with van der Waals surface area (Å²) >= 11 is 0. The van der Waals surface area contributed by atoms with E-state index in [9.17, 15) is 9.59 Å². The zero-order chi connectivity index (χ0) is 25.4. The maximum absolute atomic E-state index is 12.9. The van der Waals surface area contributed by atoms with Crippen LogP contribution in [0.5, 0.6) is 5.75 Å². The molecule has 0 aliphatic heterocycles. The number of ether oxygens (including phenoxy) is 1. The molecule has 3 aromatic heterocycles. The normalized spacial score (nSPS) is 11.1. The van der Waals surface area contributed by atoms with Crippen molar-refractivity contribution in [2.45, 2.75) is 27.2 Å². The van der Waals surface area contributed by atoms with E-state index in [0.717, 1.165) is 28.1 Å². The summed E-state index contributed by atoms with van der Waals surface area (Å²) in [5, 5.41) is 12.1. The van der Waals surface area contributed by atoms with Crippen LogP contribution in [-0.4, -0.2) is 42.5 Å². The number of H-pyrrole nitrogens is 1. The topological polar surface area (TPSA) is 120 Å². The molecule has 0 saturated carbocycles. The average Bonchev–Trinajstić information content (AvgIpc) is 3.43. The number of hydrogen-bond acceptors (Lipinski definition) is 6.